The van der Waals surface area contributed by atoms with Gasteiger partial charge in [-0.25, -0.2) is 9.97 Å². The summed E-state index contributed by atoms with van der Waals surface area (Å²) < 4.78 is 1.94. The van der Waals surface area contributed by atoms with Crippen LogP contribution in [0, 0.1) is 0 Å². The van der Waals surface area contributed by atoms with Crippen molar-refractivity contribution in [3.8, 4) is 0 Å². The van der Waals surface area contributed by atoms with E-state index in [1.54, 1.807) is 6.33 Å². The maximum atomic E-state index is 4.45. The Morgan fingerprint density at radius 3 is 3.00 bits per heavy atom. The molecule has 5 nitrogen and oxygen atoms in total. The van der Waals surface area contributed by atoms with E-state index in [2.05, 4.69) is 27.3 Å². The van der Waals surface area contributed by atoms with E-state index in [-0.39, 0.29) is 6.04 Å². The molecule has 0 spiro atoms. The summed E-state index contributed by atoms with van der Waals surface area (Å²) in [7, 11) is 0. The number of nitrogens with zero attached hydrogens (tertiary/aromatic N) is 4. The highest BCUT2D eigenvalue weighted by Gasteiger charge is 2.15. The summed E-state index contributed by atoms with van der Waals surface area (Å²) in [5.41, 5.74) is 2.55. The minimum absolute atomic E-state index is 0.289. The number of aryl methyl sites for hydroxylation is 1. The highest BCUT2D eigenvalue weighted by atomic mass is 15.3. The Balaban J connectivity index is 1.73. The molecule has 0 radical (unpaired) electrons. The van der Waals surface area contributed by atoms with Gasteiger partial charge in [0.2, 0.25) is 0 Å². The van der Waals surface area contributed by atoms with Crippen LogP contribution >= 0.6 is 0 Å². The van der Waals surface area contributed by atoms with Crippen molar-refractivity contribution >= 4 is 5.82 Å². The van der Waals surface area contributed by atoms with Crippen molar-refractivity contribution in [3.05, 3.63) is 36.0 Å². The van der Waals surface area contributed by atoms with Crippen molar-refractivity contribution in [2.75, 3.05) is 5.32 Å². The van der Waals surface area contributed by atoms with E-state index >= 15 is 0 Å². The Hall–Kier alpha value is -1.91. The first-order valence-corrected chi connectivity index (χ1v) is 7.39. The van der Waals surface area contributed by atoms with E-state index in [0.29, 0.717) is 0 Å². The Labute approximate surface area is 119 Å². The molecule has 0 aliphatic heterocycles. The van der Waals surface area contributed by atoms with Gasteiger partial charge in [-0.15, -0.1) is 0 Å². The highest BCUT2D eigenvalue weighted by molar-refractivity contribution is 5.47. The first-order valence-electron chi connectivity index (χ1n) is 7.39. The van der Waals surface area contributed by atoms with Crippen LogP contribution in [0.5, 0.6) is 0 Å². The van der Waals surface area contributed by atoms with Crippen molar-refractivity contribution in [1.82, 2.24) is 19.7 Å². The number of anilines is 1. The molecule has 3 rings (SSSR count). The largest absolute Gasteiger partial charge is 0.365 e. The summed E-state index contributed by atoms with van der Waals surface area (Å²) in [6.07, 6.45) is 11.4. The van der Waals surface area contributed by atoms with Gasteiger partial charge in [0.25, 0.3) is 0 Å². The molecule has 0 saturated carbocycles. The number of fused-ring (bicyclic) bond motifs is 1. The summed E-state index contributed by atoms with van der Waals surface area (Å²) in [6.45, 7) is 3.00. The zero-order valence-electron chi connectivity index (χ0n) is 11.9. The van der Waals surface area contributed by atoms with Crippen molar-refractivity contribution in [2.45, 2.75) is 51.6 Å². The van der Waals surface area contributed by atoms with Crippen LogP contribution in [0.25, 0.3) is 0 Å². The Morgan fingerprint density at radius 1 is 1.25 bits per heavy atom. The molecule has 106 valence electrons. The molecule has 1 aliphatic rings. The predicted molar refractivity (Wildman–Crippen MR) is 78.6 cm³/mol. The summed E-state index contributed by atoms with van der Waals surface area (Å²) in [6, 6.07) is 2.24. The molecule has 0 fully saturated rings. The monoisotopic (exact) mass is 271 g/mol. The number of aromatic nitrogens is 4. The second-order valence-corrected chi connectivity index (χ2v) is 5.48. The van der Waals surface area contributed by atoms with Crippen LogP contribution in [-0.4, -0.2) is 25.8 Å². The van der Waals surface area contributed by atoms with E-state index in [9.17, 15) is 0 Å². The van der Waals surface area contributed by atoms with Crippen LogP contribution in [0.3, 0.4) is 0 Å². The fourth-order valence-corrected chi connectivity index (χ4v) is 2.79. The maximum Gasteiger partial charge on any atom is 0.133 e. The Kier molecular flexibility index (Phi) is 3.95. The molecule has 0 amide bonds. The van der Waals surface area contributed by atoms with E-state index in [0.717, 1.165) is 25.2 Å². The quantitative estimate of drug-likeness (QED) is 0.868. The van der Waals surface area contributed by atoms with Crippen molar-refractivity contribution < 1.29 is 0 Å². The molecule has 20 heavy (non-hydrogen) atoms. The SMILES string of the molecule is CC(Cn1cccn1)Nc1ncnc2c1CCCCC2. The van der Waals surface area contributed by atoms with E-state index < -0.39 is 0 Å². The van der Waals surface area contributed by atoms with Gasteiger partial charge in [0, 0.05) is 29.7 Å². The fourth-order valence-electron chi connectivity index (χ4n) is 2.79. The fraction of sp³-hybridized carbons (Fsp3) is 0.533. The minimum atomic E-state index is 0.289. The lowest BCUT2D eigenvalue weighted by atomic mass is 10.1. The van der Waals surface area contributed by atoms with Crippen LogP contribution in [0.2, 0.25) is 0 Å². The molecule has 2 heterocycles. The van der Waals surface area contributed by atoms with Crippen LogP contribution in [0.15, 0.2) is 24.8 Å². The topological polar surface area (TPSA) is 55.6 Å². The lowest BCUT2D eigenvalue weighted by Gasteiger charge is -2.18. The Morgan fingerprint density at radius 2 is 2.15 bits per heavy atom. The van der Waals surface area contributed by atoms with E-state index in [1.165, 1.54) is 30.5 Å². The van der Waals surface area contributed by atoms with E-state index in [4.69, 9.17) is 0 Å². The molecular weight excluding hydrogens is 250 g/mol. The molecule has 1 aliphatic carbocycles. The first kappa shape index (κ1) is 13.1. The summed E-state index contributed by atoms with van der Waals surface area (Å²) in [4.78, 5) is 8.91. The molecule has 1 N–H and O–H groups in total. The Bertz CT molecular complexity index is 549. The zero-order valence-corrected chi connectivity index (χ0v) is 11.9. The predicted octanol–water partition coefficient (Wildman–Crippen LogP) is 2.44. The first-order chi connectivity index (χ1) is 9.83. The second kappa shape index (κ2) is 6.03. The normalized spacial score (nSPS) is 16.2. The smallest absolute Gasteiger partial charge is 0.133 e. The van der Waals surface area contributed by atoms with Crippen LogP contribution in [0.4, 0.5) is 5.82 Å². The van der Waals surface area contributed by atoms with Gasteiger partial charge in [-0.05, 0) is 38.7 Å². The standard InChI is InChI=1S/C15H21N5/c1-12(10-20-9-5-8-18-20)19-15-13-6-3-2-4-7-14(13)16-11-17-15/h5,8-9,11-12H,2-4,6-7,10H2,1H3,(H,16,17,19). The van der Waals surface area contributed by atoms with Gasteiger partial charge >= 0.3 is 0 Å². The molecule has 0 saturated heterocycles. The van der Waals surface area contributed by atoms with Gasteiger partial charge in [0.1, 0.15) is 12.1 Å². The van der Waals surface area contributed by atoms with Crippen molar-refractivity contribution in [2.24, 2.45) is 0 Å². The highest BCUT2D eigenvalue weighted by Crippen LogP contribution is 2.24. The van der Waals surface area contributed by atoms with Gasteiger partial charge in [0.15, 0.2) is 0 Å². The summed E-state index contributed by atoms with van der Waals surface area (Å²) in [5.74, 6) is 1.01. The number of hydrogen-bond donors (Lipinski definition) is 1. The van der Waals surface area contributed by atoms with Gasteiger partial charge < -0.3 is 5.32 Å². The third-order valence-corrected chi connectivity index (χ3v) is 3.78. The molecule has 1 unspecified atom stereocenters. The molecule has 5 heteroatoms. The third-order valence-electron chi connectivity index (χ3n) is 3.78. The average Bonchev–Trinajstić information content (AvgIpc) is 2.81. The molecule has 2 aromatic heterocycles. The van der Waals surface area contributed by atoms with Gasteiger partial charge in [-0.3, -0.25) is 4.68 Å². The number of rotatable bonds is 4. The van der Waals surface area contributed by atoms with Crippen LogP contribution in [0.1, 0.15) is 37.4 Å². The molecule has 1 atom stereocenters. The second-order valence-electron chi connectivity index (χ2n) is 5.48. The van der Waals surface area contributed by atoms with Gasteiger partial charge in [-0.2, -0.15) is 5.10 Å². The lowest BCUT2D eigenvalue weighted by Crippen LogP contribution is -2.24. The van der Waals surface area contributed by atoms with E-state index in [1.807, 2.05) is 23.1 Å². The molecule has 2 aromatic rings. The van der Waals surface area contributed by atoms with Crippen LogP contribution in [-0.2, 0) is 19.4 Å². The maximum absolute atomic E-state index is 4.45. The summed E-state index contributed by atoms with van der Waals surface area (Å²) in [5, 5.41) is 7.77. The molecule has 0 aromatic carbocycles. The lowest BCUT2D eigenvalue weighted by molar-refractivity contribution is 0.559. The van der Waals surface area contributed by atoms with Gasteiger partial charge in [-0.1, -0.05) is 6.42 Å². The zero-order chi connectivity index (χ0) is 13.8. The number of hydrogen-bond acceptors (Lipinski definition) is 4. The molecular formula is C15H21N5. The average molecular weight is 271 g/mol. The van der Waals surface area contributed by atoms with Crippen LogP contribution < -0.4 is 5.32 Å². The molecule has 0 bridgehead atoms. The summed E-state index contributed by atoms with van der Waals surface area (Å²) >= 11 is 0. The van der Waals surface area contributed by atoms with Gasteiger partial charge in [0.05, 0.1) is 6.54 Å². The number of nitrogens with one attached hydrogen (secondary N) is 1. The minimum Gasteiger partial charge on any atom is -0.365 e. The van der Waals surface area contributed by atoms with Crippen molar-refractivity contribution in [1.29, 1.82) is 0 Å². The van der Waals surface area contributed by atoms with Crippen molar-refractivity contribution in [3.63, 3.8) is 0 Å². The third kappa shape index (κ3) is 2.98.